The van der Waals surface area contributed by atoms with Crippen molar-refractivity contribution in [2.75, 3.05) is 13.1 Å². The van der Waals surface area contributed by atoms with Gasteiger partial charge in [-0.25, -0.2) is 0 Å². The first-order chi connectivity index (χ1) is 13.7. The average molecular weight is 391 g/mol. The van der Waals surface area contributed by atoms with Crippen LogP contribution in [0.1, 0.15) is 26.8 Å². The van der Waals surface area contributed by atoms with Crippen molar-refractivity contribution in [1.29, 1.82) is 0 Å². The van der Waals surface area contributed by atoms with Crippen LogP contribution in [0.15, 0.2) is 72.2 Å². The lowest BCUT2D eigenvalue weighted by molar-refractivity contribution is -0.125. The van der Waals surface area contributed by atoms with Crippen LogP contribution in [0.5, 0.6) is 0 Å². The summed E-state index contributed by atoms with van der Waals surface area (Å²) in [6.45, 7) is 1.35. The second kappa shape index (κ2) is 8.35. The fraction of sp³-hybridized carbons (Fsp3) is 0.227. The van der Waals surface area contributed by atoms with E-state index in [0.29, 0.717) is 24.5 Å². The number of hydrogen-bond acceptors (Lipinski definition) is 4. The standard InChI is InChI=1S/C22H21N3O2S/c26-21(24-13-17-9-4-5-11-23-17)19-15-25(22(27)20-10-6-12-28-20)14-18(19)16-7-2-1-3-8-16/h1-12,18-19H,13-15H2,(H,24,26)/t18-,19+/m0/s1. The summed E-state index contributed by atoms with van der Waals surface area (Å²) in [6, 6.07) is 19.3. The SMILES string of the molecule is O=C(NCc1ccccn1)[C@@H]1CN(C(=O)c2cccs2)C[C@H]1c1ccccc1. The van der Waals surface area contributed by atoms with Gasteiger partial charge in [0.2, 0.25) is 5.91 Å². The lowest BCUT2D eigenvalue weighted by Gasteiger charge is -2.18. The van der Waals surface area contributed by atoms with Crippen molar-refractivity contribution >= 4 is 23.2 Å². The minimum absolute atomic E-state index is 0.00374. The van der Waals surface area contributed by atoms with Crippen LogP contribution in [0.25, 0.3) is 0 Å². The third-order valence-electron chi connectivity index (χ3n) is 5.07. The summed E-state index contributed by atoms with van der Waals surface area (Å²) < 4.78 is 0. The highest BCUT2D eigenvalue weighted by atomic mass is 32.1. The molecule has 0 radical (unpaired) electrons. The summed E-state index contributed by atoms with van der Waals surface area (Å²) in [5, 5.41) is 4.90. The van der Waals surface area contributed by atoms with E-state index in [1.807, 2.05) is 66.0 Å². The third-order valence-corrected chi connectivity index (χ3v) is 5.93. The van der Waals surface area contributed by atoms with E-state index in [9.17, 15) is 9.59 Å². The molecule has 3 heterocycles. The van der Waals surface area contributed by atoms with Crippen molar-refractivity contribution in [3.8, 4) is 0 Å². The Labute approximate surface area is 168 Å². The van der Waals surface area contributed by atoms with Crippen LogP contribution < -0.4 is 5.32 Å². The highest BCUT2D eigenvalue weighted by Crippen LogP contribution is 2.34. The van der Waals surface area contributed by atoms with Gasteiger partial charge in [0.1, 0.15) is 0 Å². The molecule has 0 unspecified atom stereocenters. The van der Waals surface area contributed by atoms with Gasteiger partial charge in [-0.2, -0.15) is 0 Å². The number of hydrogen-bond donors (Lipinski definition) is 1. The molecular weight excluding hydrogens is 370 g/mol. The summed E-state index contributed by atoms with van der Waals surface area (Å²) in [6.07, 6.45) is 1.71. The maximum Gasteiger partial charge on any atom is 0.263 e. The summed E-state index contributed by atoms with van der Waals surface area (Å²) in [5.41, 5.74) is 1.90. The van der Waals surface area contributed by atoms with Gasteiger partial charge in [-0.3, -0.25) is 14.6 Å². The Morgan fingerprint density at radius 2 is 1.86 bits per heavy atom. The molecule has 0 bridgehead atoms. The Morgan fingerprint density at radius 3 is 2.57 bits per heavy atom. The van der Waals surface area contributed by atoms with E-state index in [4.69, 9.17) is 0 Å². The predicted molar refractivity (Wildman–Crippen MR) is 109 cm³/mol. The van der Waals surface area contributed by atoms with Gasteiger partial charge < -0.3 is 10.2 Å². The minimum atomic E-state index is -0.282. The normalized spacial score (nSPS) is 18.8. The number of aromatic nitrogens is 1. The molecule has 4 rings (SSSR count). The van der Waals surface area contributed by atoms with Crippen LogP contribution in [0.4, 0.5) is 0 Å². The second-order valence-corrected chi connectivity index (χ2v) is 7.80. The summed E-state index contributed by atoms with van der Waals surface area (Å²) >= 11 is 1.43. The first kappa shape index (κ1) is 18.4. The van der Waals surface area contributed by atoms with E-state index < -0.39 is 0 Å². The number of likely N-dealkylation sites (tertiary alicyclic amines) is 1. The lowest BCUT2D eigenvalue weighted by atomic mass is 9.88. The number of benzene rings is 1. The molecule has 2 amide bonds. The number of pyridine rings is 1. The van der Waals surface area contributed by atoms with Crippen molar-refractivity contribution in [3.05, 3.63) is 88.4 Å². The van der Waals surface area contributed by atoms with Crippen LogP contribution in [0.2, 0.25) is 0 Å². The van der Waals surface area contributed by atoms with E-state index in [1.54, 1.807) is 11.1 Å². The Balaban J connectivity index is 1.52. The zero-order valence-electron chi connectivity index (χ0n) is 15.3. The fourth-order valence-corrected chi connectivity index (χ4v) is 4.33. The number of amides is 2. The number of nitrogens with zero attached hydrogens (tertiary/aromatic N) is 2. The molecule has 0 aliphatic carbocycles. The van der Waals surface area contributed by atoms with Crippen molar-refractivity contribution in [3.63, 3.8) is 0 Å². The number of nitrogens with one attached hydrogen (secondary N) is 1. The van der Waals surface area contributed by atoms with Gasteiger partial charge in [-0.05, 0) is 29.1 Å². The number of thiophene rings is 1. The molecule has 28 heavy (non-hydrogen) atoms. The van der Waals surface area contributed by atoms with Gasteiger partial charge in [-0.1, -0.05) is 42.5 Å². The van der Waals surface area contributed by atoms with Gasteiger partial charge in [0.25, 0.3) is 5.91 Å². The molecule has 1 fully saturated rings. The van der Waals surface area contributed by atoms with Crippen LogP contribution in [0.3, 0.4) is 0 Å². The number of rotatable bonds is 5. The molecule has 142 valence electrons. The van der Waals surface area contributed by atoms with E-state index in [1.165, 1.54) is 11.3 Å². The third kappa shape index (κ3) is 3.97. The van der Waals surface area contributed by atoms with E-state index in [-0.39, 0.29) is 23.7 Å². The first-order valence-electron chi connectivity index (χ1n) is 9.27. The summed E-state index contributed by atoms with van der Waals surface area (Å²) in [5.74, 6) is -0.346. The zero-order valence-corrected chi connectivity index (χ0v) is 16.1. The Kier molecular flexibility index (Phi) is 5.48. The molecule has 1 N–H and O–H groups in total. The van der Waals surface area contributed by atoms with E-state index in [0.717, 1.165) is 11.3 Å². The summed E-state index contributed by atoms with van der Waals surface area (Å²) in [7, 11) is 0. The number of carbonyl (C=O) groups is 2. The monoisotopic (exact) mass is 391 g/mol. The predicted octanol–water partition coefficient (Wildman–Crippen LogP) is 3.32. The Hall–Kier alpha value is -2.99. The molecule has 5 nitrogen and oxygen atoms in total. The highest BCUT2D eigenvalue weighted by Gasteiger charge is 2.40. The molecule has 1 saturated heterocycles. The van der Waals surface area contributed by atoms with Crippen LogP contribution >= 0.6 is 11.3 Å². The first-order valence-corrected chi connectivity index (χ1v) is 10.2. The molecule has 3 aromatic rings. The van der Waals surface area contributed by atoms with E-state index in [2.05, 4.69) is 10.3 Å². The molecule has 2 atom stereocenters. The average Bonchev–Trinajstić information content (AvgIpc) is 3.43. The Bertz CT molecular complexity index is 929. The van der Waals surface area contributed by atoms with Crippen molar-refractivity contribution in [1.82, 2.24) is 15.2 Å². The van der Waals surface area contributed by atoms with Gasteiger partial charge >= 0.3 is 0 Å². The topological polar surface area (TPSA) is 62.3 Å². The molecular formula is C22H21N3O2S. The Morgan fingerprint density at radius 1 is 1.04 bits per heavy atom. The van der Waals surface area contributed by atoms with Crippen LogP contribution in [0, 0.1) is 5.92 Å². The minimum Gasteiger partial charge on any atom is -0.350 e. The molecule has 1 aliphatic heterocycles. The van der Waals surface area contributed by atoms with Crippen molar-refractivity contribution in [2.24, 2.45) is 5.92 Å². The highest BCUT2D eigenvalue weighted by molar-refractivity contribution is 7.12. The van der Waals surface area contributed by atoms with Crippen molar-refractivity contribution in [2.45, 2.75) is 12.5 Å². The largest absolute Gasteiger partial charge is 0.350 e. The van der Waals surface area contributed by atoms with Gasteiger partial charge in [0.15, 0.2) is 0 Å². The molecule has 0 spiro atoms. The van der Waals surface area contributed by atoms with Crippen molar-refractivity contribution < 1.29 is 9.59 Å². The maximum atomic E-state index is 13.0. The van der Waals surface area contributed by atoms with Crippen LogP contribution in [-0.2, 0) is 11.3 Å². The smallest absolute Gasteiger partial charge is 0.263 e. The summed E-state index contributed by atoms with van der Waals surface area (Å²) in [4.78, 5) is 32.6. The van der Waals surface area contributed by atoms with Gasteiger partial charge in [0.05, 0.1) is 23.0 Å². The molecule has 0 saturated carbocycles. The van der Waals surface area contributed by atoms with Crippen LogP contribution in [-0.4, -0.2) is 34.8 Å². The fourth-order valence-electron chi connectivity index (χ4n) is 3.64. The van der Waals surface area contributed by atoms with Gasteiger partial charge in [-0.15, -0.1) is 11.3 Å². The second-order valence-electron chi connectivity index (χ2n) is 6.85. The zero-order chi connectivity index (χ0) is 19.3. The molecule has 6 heteroatoms. The van der Waals surface area contributed by atoms with Gasteiger partial charge in [0, 0.05) is 25.2 Å². The quantitative estimate of drug-likeness (QED) is 0.726. The molecule has 1 aliphatic rings. The number of carbonyl (C=O) groups excluding carboxylic acids is 2. The molecule has 1 aromatic carbocycles. The molecule has 2 aromatic heterocycles. The van der Waals surface area contributed by atoms with E-state index >= 15 is 0 Å². The lowest BCUT2D eigenvalue weighted by Crippen LogP contribution is -2.35. The maximum absolute atomic E-state index is 13.0.